The van der Waals surface area contributed by atoms with Crippen molar-refractivity contribution in [3.05, 3.63) is 35.9 Å². The molecule has 4 nitrogen and oxygen atoms in total. The fraction of sp³-hybridized carbons (Fsp3) is 0.462. The van der Waals surface area contributed by atoms with Gasteiger partial charge in [0.1, 0.15) is 0 Å². The van der Waals surface area contributed by atoms with Crippen LogP contribution in [0.4, 0.5) is 0 Å². The monoisotopic (exact) mass is 237 g/mol. The molecule has 17 heavy (non-hydrogen) atoms. The first-order valence-electron chi connectivity index (χ1n) is 5.51. The number of nitrogens with zero attached hydrogens (tertiary/aromatic N) is 1. The Morgan fingerprint density at radius 2 is 1.82 bits per heavy atom. The average Bonchev–Trinajstić information content (AvgIpc) is 2.27. The van der Waals surface area contributed by atoms with Crippen molar-refractivity contribution in [2.75, 3.05) is 13.8 Å². The minimum absolute atomic E-state index is 0.0943. The molecule has 0 spiro atoms. The minimum Gasteiger partial charge on any atom is -0.316 e. The zero-order valence-corrected chi connectivity index (χ0v) is 10.8. The number of rotatable bonds is 4. The van der Waals surface area contributed by atoms with Crippen LogP contribution in [-0.4, -0.2) is 30.2 Å². The van der Waals surface area contributed by atoms with Gasteiger partial charge in [-0.05, 0) is 32.9 Å². The van der Waals surface area contributed by atoms with Crippen LogP contribution >= 0.6 is 0 Å². The van der Waals surface area contributed by atoms with Gasteiger partial charge in [-0.1, -0.05) is 18.2 Å². The molecule has 1 aromatic rings. The molecule has 0 aromatic heterocycles. The quantitative estimate of drug-likeness (QED) is 0.458. The second-order valence-electron chi connectivity index (χ2n) is 4.81. The summed E-state index contributed by atoms with van der Waals surface area (Å²) in [6, 6.07) is 9.06. The van der Waals surface area contributed by atoms with Crippen LogP contribution in [0.2, 0.25) is 0 Å². The van der Waals surface area contributed by atoms with Gasteiger partial charge in [-0.25, -0.2) is 9.78 Å². The van der Waals surface area contributed by atoms with Crippen molar-refractivity contribution in [2.45, 2.75) is 26.4 Å². The molecule has 0 fully saturated rings. The molecule has 0 aliphatic carbocycles. The summed E-state index contributed by atoms with van der Waals surface area (Å²) in [5.74, 6) is -0.0943. The number of carbonyl (C=O) groups is 1. The lowest BCUT2D eigenvalue weighted by atomic mass is 10.2. The first-order valence-corrected chi connectivity index (χ1v) is 5.51. The Balaban J connectivity index is 2.43. The molecule has 0 saturated carbocycles. The van der Waals surface area contributed by atoms with Crippen molar-refractivity contribution in [1.82, 2.24) is 4.90 Å². The highest BCUT2D eigenvalue weighted by atomic mass is 17.2. The van der Waals surface area contributed by atoms with Gasteiger partial charge in [-0.15, -0.1) is 0 Å². The predicted molar refractivity (Wildman–Crippen MR) is 65.3 cm³/mol. The van der Waals surface area contributed by atoms with Crippen LogP contribution in [0.15, 0.2) is 30.3 Å². The van der Waals surface area contributed by atoms with Crippen molar-refractivity contribution in [1.29, 1.82) is 0 Å². The van der Waals surface area contributed by atoms with Gasteiger partial charge >= 0.3 is 0 Å². The number of hydrogen-bond acceptors (Lipinski definition) is 3. The van der Waals surface area contributed by atoms with E-state index in [0.717, 1.165) is 0 Å². The Morgan fingerprint density at radius 3 is 2.35 bits per heavy atom. The van der Waals surface area contributed by atoms with Crippen LogP contribution in [0.5, 0.6) is 0 Å². The van der Waals surface area contributed by atoms with E-state index in [0.29, 0.717) is 5.56 Å². The molecule has 94 valence electrons. The normalized spacial score (nSPS) is 11.3. The average molecular weight is 237 g/mol. The van der Waals surface area contributed by atoms with Crippen molar-refractivity contribution in [2.24, 2.45) is 0 Å². The van der Waals surface area contributed by atoms with Crippen molar-refractivity contribution >= 4 is 5.91 Å². The van der Waals surface area contributed by atoms with Gasteiger partial charge in [0.15, 0.2) is 6.73 Å². The topological polar surface area (TPSA) is 38.8 Å². The van der Waals surface area contributed by atoms with E-state index >= 15 is 0 Å². The summed E-state index contributed by atoms with van der Waals surface area (Å²) in [6.07, 6.45) is 0. The number of benzene rings is 1. The minimum atomic E-state index is -0.378. The van der Waals surface area contributed by atoms with Crippen LogP contribution in [-0.2, 0) is 9.78 Å². The lowest BCUT2D eigenvalue weighted by Crippen LogP contribution is -2.31. The van der Waals surface area contributed by atoms with Crippen LogP contribution < -0.4 is 0 Å². The van der Waals surface area contributed by atoms with E-state index < -0.39 is 0 Å². The molecule has 1 aromatic carbocycles. The highest BCUT2D eigenvalue weighted by Gasteiger charge is 2.14. The maximum Gasteiger partial charge on any atom is 0.255 e. The molecule has 0 bridgehead atoms. The molecular weight excluding hydrogens is 218 g/mol. The van der Waals surface area contributed by atoms with Crippen molar-refractivity contribution in [3.63, 3.8) is 0 Å². The van der Waals surface area contributed by atoms with Crippen LogP contribution in [0, 0.1) is 0 Å². The molecule has 1 rings (SSSR count). The molecule has 0 atom stereocenters. The summed E-state index contributed by atoms with van der Waals surface area (Å²) in [7, 11) is 1.67. The van der Waals surface area contributed by atoms with Gasteiger partial charge in [-0.2, -0.15) is 0 Å². The fourth-order valence-corrected chi connectivity index (χ4v) is 1.14. The Hall–Kier alpha value is -1.39. The molecule has 1 amide bonds. The summed E-state index contributed by atoms with van der Waals surface area (Å²) >= 11 is 0. The second kappa shape index (κ2) is 5.80. The summed E-state index contributed by atoms with van der Waals surface area (Å²) < 4.78 is 0. The van der Waals surface area contributed by atoms with Crippen molar-refractivity contribution in [3.8, 4) is 0 Å². The Kier molecular flexibility index (Phi) is 4.66. The third-order valence-corrected chi connectivity index (χ3v) is 1.92. The lowest BCUT2D eigenvalue weighted by Gasteiger charge is -2.21. The highest BCUT2D eigenvalue weighted by molar-refractivity contribution is 5.93. The summed E-state index contributed by atoms with van der Waals surface area (Å²) in [5.41, 5.74) is 0.255. The molecule has 4 heteroatoms. The SMILES string of the molecule is CN(COOC(C)(C)C)C(=O)c1ccccc1. The van der Waals surface area contributed by atoms with E-state index in [4.69, 9.17) is 9.78 Å². The third-order valence-electron chi connectivity index (χ3n) is 1.92. The summed E-state index contributed by atoms with van der Waals surface area (Å²) in [6.45, 7) is 5.75. The van der Waals surface area contributed by atoms with E-state index in [2.05, 4.69) is 0 Å². The molecule has 0 radical (unpaired) electrons. The molecule has 0 aliphatic rings. The van der Waals surface area contributed by atoms with Gasteiger partial charge in [0, 0.05) is 12.6 Å². The van der Waals surface area contributed by atoms with Crippen LogP contribution in [0.1, 0.15) is 31.1 Å². The molecular formula is C13H19NO3. The molecule has 0 heterocycles. The zero-order chi connectivity index (χ0) is 12.9. The van der Waals surface area contributed by atoms with E-state index in [1.165, 1.54) is 4.90 Å². The standard InChI is InChI=1S/C13H19NO3/c1-13(2,3)17-16-10-14(4)12(15)11-8-6-5-7-9-11/h5-9H,10H2,1-4H3. The summed E-state index contributed by atoms with van der Waals surface area (Å²) in [4.78, 5) is 23.4. The number of hydrogen-bond donors (Lipinski definition) is 0. The van der Waals surface area contributed by atoms with Gasteiger partial charge in [0.2, 0.25) is 0 Å². The van der Waals surface area contributed by atoms with Gasteiger partial charge in [-0.3, -0.25) is 4.79 Å². The van der Waals surface area contributed by atoms with Crippen LogP contribution in [0.3, 0.4) is 0 Å². The van der Waals surface area contributed by atoms with Gasteiger partial charge < -0.3 is 4.90 Å². The van der Waals surface area contributed by atoms with E-state index in [1.807, 2.05) is 39.0 Å². The number of amides is 1. The Morgan fingerprint density at radius 1 is 1.24 bits per heavy atom. The zero-order valence-electron chi connectivity index (χ0n) is 10.8. The van der Waals surface area contributed by atoms with Crippen LogP contribution in [0.25, 0.3) is 0 Å². The maximum atomic E-state index is 11.9. The van der Waals surface area contributed by atoms with Gasteiger partial charge in [0.25, 0.3) is 5.91 Å². The molecule has 0 saturated heterocycles. The smallest absolute Gasteiger partial charge is 0.255 e. The Bertz CT molecular complexity index is 357. The van der Waals surface area contributed by atoms with Gasteiger partial charge in [0.05, 0.1) is 5.60 Å². The summed E-state index contributed by atoms with van der Waals surface area (Å²) in [5, 5.41) is 0. The lowest BCUT2D eigenvalue weighted by molar-refractivity contribution is -0.360. The van der Waals surface area contributed by atoms with E-state index in [9.17, 15) is 4.79 Å². The van der Waals surface area contributed by atoms with E-state index in [1.54, 1.807) is 19.2 Å². The first-order chi connectivity index (χ1) is 7.90. The largest absolute Gasteiger partial charge is 0.316 e. The first kappa shape index (κ1) is 13.7. The predicted octanol–water partition coefficient (Wildman–Crippen LogP) is 2.46. The third kappa shape index (κ3) is 4.97. The maximum absolute atomic E-state index is 11.9. The fourth-order valence-electron chi connectivity index (χ4n) is 1.14. The Labute approximate surface area is 102 Å². The highest BCUT2D eigenvalue weighted by Crippen LogP contribution is 2.08. The molecule has 0 N–H and O–H groups in total. The molecule has 0 unspecified atom stereocenters. The van der Waals surface area contributed by atoms with E-state index in [-0.39, 0.29) is 18.2 Å². The number of carbonyl (C=O) groups excluding carboxylic acids is 1. The second-order valence-corrected chi connectivity index (χ2v) is 4.81. The molecule has 0 aliphatic heterocycles. The van der Waals surface area contributed by atoms with Crippen molar-refractivity contribution < 1.29 is 14.6 Å².